The normalized spacial score (nSPS) is 14.3. The Morgan fingerprint density at radius 2 is 1.20 bits per heavy atom. The largest absolute Gasteiger partial charge is 0.508 e. The number of hydrogen-bond acceptors (Lipinski definition) is 3. The molecule has 0 unspecified atom stereocenters. The summed E-state index contributed by atoms with van der Waals surface area (Å²) in [6.45, 7) is 0.426. The van der Waals surface area contributed by atoms with E-state index < -0.39 is 5.41 Å². The topological polar surface area (TPSA) is 60.8 Å². The summed E-state index contributed by atoms with van der Waals surface area (Å²) < 4.78 is 0. The van der Waals surface area contributed by atoms with Crippen LogP contribution >= 0.6 is 0 Å². The SMILES string of the molecule is O=C1N(Cc2cccc3ccccc23)c2ccccc2C1(c1ccc(O)cc1)c1ccc(O)cc1. The average molecular weight is 458 g/mol. The first-order valence-electron chi connectivity index (χ1n) is 11.6. The second-order valence-corrected chi connectivity index (χ2v) is 8.89. The van der Waals surface area contributed by atoms with Gasteiger partial charge in [0.15, 0.2) is 0 Å². The highest BCUT2D eigenvalue weighted by atomic mass is 16.3. The van der Waals surface area contributed by atoms with Gasteiger partial charge >= 0.3 is 0 Å². The van der Waals surface area contributed by atoms with Gasteiger partial charge in [-0.05, 0) is 57.8 Å². The molecule has 0 bridgehead atoms. The zero-order chi connectivity index (χ0) is 24.0. The summed E-state index contributed by atoms with van der Waals surface area (Å²) in [5.74, 6) is 0.213. The van der Waals surface area contributed by atoms with Crippen molar-refractivity contribution in [3.8, 4) is 11.5 Å². The number of phenols is 2. The molecule has 0 aromatic heterocycles. The quantitative estimate of drug-likeness (QED) is 0.341. The van der Waals surface area contributed by atoms with Gasteiger partial charge in [-0.25, -0.2) is 0 Å². The standard InChI is InChI=1S/C31H23NO3/c33-25-16-12-23(13-17-25)31(24-14-18-26(34)19-15-24)28-10-3-4-11-29(28)32(30(31)35)20-22-8-5-7-21-6-1-2-9-27(21)22/h1-19,33-34H,20H2. The predicted octanol–water partition coefficient (Wildman–Crippen LogP) is 6.13. The van der Waals surface area contributed by atoms with E-state index in [2.05, 4.69) is 24.3 Å². The van der Waals surface area contributed by atoms with Gasteiger partial charge in [0.2, 0.25) is 5.91 Å². The lowest BCUT2D eigenvalue weighted by Crippen LogP contribution is -2.42. The number of hydrogen-bond donors (Lipinski definition) is 2. The van der Waals surface area contributed by atoms with Gasteiger partial charge in [-0.15, -0.1) is 0 Å². The molecule has 2 N–H and O–H groups in total. The number of benzene rings is 5. The molecule has 1 amide bonds. The minimum Gasteiger partial charge on any atom is -0.508 e. The highest BCUT2D eigenvalue weighted by Crippen LogP contribution is 2.51. The van der Waals surface area contributed by atoms with Crippen molar-refractivity contribution in [1.29, 1.82) is 0 Å². The highest BCUT2D eigenvalue weighted by Gasteiger charge is 2.53. The second kappa shape index (κ2) is 8.03. The Labute approximate surface area is 203 Å². The van der Waals surface area contributed by atoms with Gasteiger partial charge in [-0.3, -0.25) is 4.79 Å². The molecule has 0 fully saturated rings. The van der Waals surface area contributed by atoms with Gasteiger partial charge in [0.05, 0.1) is 6.54 Å². The van der Waals surface area contributed by atoms with Crippen LogP contribution in [0.4, 0.5) is 5.69 Å². The van der Waals surface area contributed by atoms with Crippen LogP contribution in [-0.4, -0.2) is 16.1 Å². The smallest absolute Gasteiger partial charge is 0.247 e. The number of para-hydroxylation sites is 1. The van der Waals surface area contributed by atoms with E-state index in [0.29, 0.717) is 6.54 Å². The highest BCUT2D eigenvalue weighted by molar-refractivity contribution is 6.13. The van der Waals surface area contributed by atoms with Gasteiger partial charge < -0.3 is 15.1 Å². The van der Waals surface area contributed by atoms with Crippen molar-refractivity contribution in [3.05, 3.63) is 138 Å². The summed E-state index contributed by atoms with van der Waals surface area (Å²) in [6.07, 6.45) is 0. The minimum atomic E-state index is -1.11. The van der Waals surface area contributed by atoms with Crippen molar-refractivity contribution in [2.24, 2.45) is 0 Å². The molecular weight excluding hydrogens is 434 g/mol. The van der Waals surface area contributed by atoms with Crippen molar-refractivity contribution in [1.82, 2.24) is 0 Å². The third kappa shape index (κ3) is 3.18. The number of phenolic OH excluding ortho intramolecular Hbond substituents is 2. The number of nitrogens with zero attached hydrogens (tertiary/aromatic N) is 1. The Morgan fingerprint density at radius 1 is 0.629 bits per heavy atom. The number of amides is 1. The van der Waals surface area contributed by atoms with E-state index in [-0.39, 0.29) is 17.4 Å². The molecule has 4 nitrogen and oxygen atoms in total. The summed E-state index contributed by atoms with van der Waals surface area (Å²) in [6, 6.07) is 35.9. The van der Waals surface area contributed by atoms with Crippen molar-refractivity contribution in [2.45, 2.75) is 12.0 Å². The fourth-order valence-electron chi connectivity index (χ4n) is 5.36. The molecule has 0 aliphatic carbocycles. The lowest BCUT2D eigenvalue weighted by Gasteiger charge is -2.30. The molecule has 5 aromatic rings. The van der Waals surface area contributed by atoms with E-state index in [4.69, 9.17) is 0 Å². The maximum Gasteiger partial charge on any atom is 0.247 e. The minimum absolute atomic E-state index is 0.0667. The summed E-state index contributed by atoms with van der Waals surface area (Å²) in [4.78, 5) is 16.5. The van der Waals surface area contributed by atoms with E-state index in [1.165, 1.54) is 0 Å². The number of rotatable bonds is 4. The molecule has 170 valence electrons. The number of anilines is 1. The van der Waals surface area contributed by atoms with Crippen molar-refractivity contribution in [3.63, 3.8) is 0 Å². The maximum atomic E-state index is 14.6. The molecule has 6 rings (SSSR count). The van der Waals surface area contributed by atoms with Crippen LogP contribution < -0.4 is 4.90 Å². The first-order chi connectivity index (χ1) is 17.1. The summed E-state index contributed by atoms with van der Waals surface area (Å²) >= 11 is 0. The van der Waals surface area contributed by atoms with Gasteiger partial charge in [-0.1, -0.05) is 84.9 Å². The van der Waals surface area contributed by atoms with Gasteiger partial charge in [0, 0.05) is 11.3 Å². The van der Waals surface area contributed by atoms with Crippen LogP contribution in [-0.2, 0) is 16.8 Å². The van der Waals surface area contributed by atoms with E-state index in [0.717, 1.165) is 38.7 Å². The molecule has 0 atom stereocenters. The van der Waals surface area contributed by atoms with E-state index in [1.807, 2.05) is 47.4 Å². The predicted molar refractivity (Wildman–Crippen MR) is 138 cm³/mol. The number of carbonyl (C=O) groups excluding carboxylic acids is 1. The molecule has 1 heterocycles. The maximum absolute atomic E-state index is 14.6. The van der Waals surface area contributed by atoms with Crippen molar-refractivity contribution < 1.29 is 15.0 Å². The van der Waals surface area contributed by atoms with Crippen molar-refractivity contribution in [2.75, 3.05) is 4.90 Å². The summed E-state index contributed by atoms with van der Waals surface area (Å²) in [5.41, 5.74) is 3.21. The molecule has 0 saturated heterocycles. The monoisotopic (exact) mass is 457 g/mol. The first-order valence-corrected chi connectivity index (χ1v) is 11.6. The molecule has 35 heavy (non-hydrogen) atoms. The molecule has 0 saturated carbocycles. The molecule has 4 heteroatoms. The van der Waals surface area contributed by atoms with E-state index in [1.54, 1.807) is 48.5 Å². The Kier molecular flexibility index (Phi) is 4.82. The van der Waals surface area contributed by atoms with E-state index in [9.17, 15) is 15.0 Å². The number of aromatic hydroxyl groups is 2. The molecular formula is C31H23NO3. The van der Waals surface area contributed by atoms with Crippen LogP contribution in [0, 0.1) is 0 Å². The summed E-state index contributed by atoms with van der Waals surface area (Å²) in [7, 11) is 0. The first kappa shape index (κ1) is 21.0. The van der Waals surface area contributed by atoms with Gasteiger partial charge in [0.1, 0.15) is 16.9 Å². The van der Waals surface area contributed by atoms with Crippen LogP contribution in [0.2, 0.25) is 0 Å². The molecule has 0 radical (unpaired) electrons. The third-order valence-corrected chi connectivity index (χ3v) is 6.97. The van der Waals surface area contributed by atoms with Crippen LogP contribution in [0.5, 0.6) is 11.5 Å². The third-order valence-electron chi connectivity index (χ3n) is 6.97. The van der Waals surface area contributed by atoms with Crippen molar-refractivity contribution >= 4 is 22.4 Å². The Hall–Kier alpha value is -4.57. The number of fused-ring (bicyclic) bond motifs is 2. The van der Waals surface area contributed by atoms with Crippen LogP contribution in [0.3, 0.4) is 0 Å². The lowest BCUT2D eigenvalue weighted by atomic mass is 9.70. The fraction of sp³-hybridized carbons (Fsp3) is 0.0645. The van der Waals surface area contributed by atoms with Crippen LogP contribution in [0.1, 0.15) is 22.3 Å². The Morgan fingerprint density at radius 3 is 1.89 bits per heavy atom. The molecule has 1 aliphatic heterocycles. The second-order valence-electron chi connectivity index (χ2n) is 8.89. The van der Waals surface area contributed by atoms with Crippen LogP contribution in [0.15, 0.2) is 115 Å². The summed E-state index contributed by atoms with van der Waals surface area (Å²) in [5, 5.41) is 22.2. The molecule has 1 aliphatic rings. The zero-order valence-electron chi connectivity index (χ0n) is 18.9. The molecule has 5 aromatic carbocycles. The zero-order valence-corrected chi connectivity index (χ0v) is 18.9. The van der Waals surface area contributed by atoms with Gasteiger partial charge in [-0.2, -0.15) is 0 Å². The van der Waals surface area contributed by atoms with E-state index >= 15 is 0 Å². The Balaban J connectivity index is 1.58. The Bertz CT molecular complexity index is 1500. The number of carbonyl (C=O) groups is 1. The lowest BCUT2D eigenvalue weighted by molar-refractivity contribution is -0.120. The average Bonchev–Trinajstić information content (AvgIpc) is 3.14. The molecule has 0 spiro atoms. The fourth-order valence-corrected chi connectivity index (χ4v) is 5.36. The van der Waals surface area contributed by atoms with Crippen LogP contribution in [0.25, 0.3) is 10.8 Å². The van der Waals surface area contributed by atoms with Gasteiger partial charge in [0.25, 0.3) is 0 Å².